The molecule has 0 aliphatic heterocycles. The topological polar surface area (TPSA) is 41.1 Å². The lowest BCUT2D eigenvalue weighted by Crippen LogP contribution is -2.37. The maximum Gasteiger partial charge on any atom is 0.405 e. The molecule has 18 heavy (non-hydrogen) atoms. The number of anilines is 1. The summed E-state index contributed by atoms with van der Waals surface area (Å²) in [6, 6.07) is 5.13. The van der Waals surface area contributed by atoms with Crippen molar-refractivity contribution in [2.45, 2.75) is 13.1 Å². The van der Waals surface area contributed by atoms with Gasteiger partial charge < -0.3 is 10.6 Å². The molecule has 0 radical (unpaired) electrons. The van der Waals surface area contributed by atoms with Crippen molar-refractivity contribution in [2.75, 3.05) is 18.4 Å². The number of halogens is 4. The molecule has 0 aliphatic rings. The summed E-state index contributed by atoms with van der Waals surface area (Å²) in [7, 11) is 0. The number of alkyl halides is 3. The molecule has 1 aromatic rings. The van der Waals surface area contributed by atoms with Crippen LogP contribution in [-0.2, 0) is 4.79 Å². The van der Waals surface area contributed by atoms with Gasteiger partial charge in [0.1, 0.15) is 6.54 Å². The fourth-order valence-corrected chi connectivity index (χ4v) is 1.50. The van der Waals surface area contributed by atoms with Gasteiger partial charge in [0.2, 0.25) is 5.91 Å². The lowest BCUT2D eigenvalue weighted by Gasteiger charge is -2.11. The number of aryl methyl sites for hydroxylation is 1. The predicted octanol–water partition coefficient (Wildman–Crippen LogP) is 2.74. The van der Waals surface area contributed by atoms with E-state index < -0.39 is 18.6 Å². The monoisotopic (exact) mass is 280 g/mol. The maximum atomic E-state index is 11.8. The van der Waals surface area contributed by atoms with E-state index in [2.05, 4.69) is 5.32 Å². The minimum atomic E-state index is -4.41. The predicted molar refractivity (Wildman–Crippen MR) is 63.7 cm³/mol. The van der Waals surface area contributed by atoms with Gasteiger partial charge in [0.25, 0.3) is 0 Å². The Kier molecular flexibility index (Phi) is 4.84. The van der Waals surface area contributed by atoms with E-state index >= 15 is 0 Å². The van der Waals surface area contributed by atoms with Crippen molar-refractivity contribution in [3.63, 3.8) is 0 Å². The number of rotatable bonds is 4. The first-order valence-corrected chi connectivity index (χ1v) is 5.49. The summed E-state index contributed by atoms with van der Waals surface area (Å²) in [5.74, 6) is -0.746. The summed E-state index contributed by atoms with van der Waals surface area (Å²) in [6.07, 6.45) is -4.41. The fraction of sp³-hybridized carbons (Fsp3) is 0.364. The molecule has 0 spiro atoms. The number of benzene rings is 1. The zero-order valence-corrected chi connectivity index (χ0v) is 10.3. The van der Waals surface area contributed by atoms with Gasteiger partial charge in [-0.15, -0.1) is 0 Å². The Morgan fingerprint density at radius 1 is 1.39 bits per heavy atom. The Morgan fingerprint density at radius 2 is 2.06 bits per heavy atom. The first-order valence-electron chi connectivity index (χ1n) is 5.11. The molecule has 100 valence electrons. The number of amides is 1. The van der Waals surface area contributed by atoms with Crippen LogP contribution < -0.4 is 10.6 Å². The summed E-state index contributed by atoms with van der Waals surface area (Å²) in [4.78, 5) is 11.1. The van der Waals surface area contributed by atoms with Gasteiger partial charge in [0.05, 0.1) is 17.3 Å². The normalized spacial score (nSPS) is 11.2. The van der Waals surface area contributed by atoms with Crippen LogP contribution in [0.4, 0.5) is 18.9 Å². The van der Waals surface area contributed by atoms with E-state index in [1.807, 2.05) is 6.92 Å². The number of hydrogen-bond donors (Lipinski definition) is 2. The molecular formula is C11H12ClF3N2O. The van der Waals surface area contributed by atoms with Crippen molar-refractivity contribution in [2.24, 2.45) is 0 Å². The fourth-order valence-electron chi connectivity index (χ4n) is 1.20. The molecule has 0 saturated carbocycles. The third kappa shape index (κ3) is 5.27. The molecule has 1 aromatic carbocycles. The van der Waals surface area contributed by atoms with Gasteiger partial charge in [-0.05, 0) is 24.6 Å². The summed E-state index contributed by atoms with van der Waals surface area (Å²) in [5, 5.41) is 4.83. The second-order valence-corrected chi connectivity index (χ2v) is 4.14. The molecule has 0 fully saturated rings. The SMILES string of the molecule is Cc1ccc(NCC(=O)NCC(F)(F)F)c(Cl)c1. The van der Waals surface area contributed by atoms with E-state index in [1.54, 1.807) is 23.5 Å². The second kappa shape index (κ2) is 5.95. The molecule has 0 aliphatic carbocycles. The van der Waals surface area contributed by atoms with Crippen molar-refractivity contribution in [3.05, 3.63) is 28.8 Å². The molecule has 0 aromatic heterocycles. The average molecular weight is 281 g/mol. The number of nitrogens with one attached hydrogen (secondary N) is 2. The summed E-state index contributed by atoms with van der Waals surface area (Å²) >= 11 is 5.89. The number of carbonyl (C=O) groups is 1. The zero-order chi connectivity index (χ0) is 13.8. The highest BCUT2D eigenvalue weighted by Crippen LogP contribution is 2.22. The summed E-state index contributed by atoms with van der Waals surface area (Å²) in [5.41, 5.74) is 1.46. The van der Waals surface area contributed by atoms with Crippen molar-refractivity contribution >= 4 is 23.2 Å². The van der Waals surface area contributed by atoms with Gasteiger partial charge in [-0.3, -0.25) is 4.79 Å². The van der Waals surface area contributed by atoms with Crippen LogP contribution in [0, 0.1) is 6.92 Å². The van der Waals surface area contributed by atoms with E-state index in [0.29, 0.717) is 10.7 Å². The highest BCUT2D eigenvalue weighted by atomic mass is 35.5. The largest absolute Gasteiger partial charge is 0.405 e. The van der Waals surface area contributed by atoms with E-state index in [-0.39, 0.29) is 6.54 Å². The van der Waals surface area contributed by atoms with Crippen molar-refractivity contribution in [1.29, 1.82) is 0 Å². The van der Waals surface area contributed by atoms with Crippen molar-refractivity contribution in [3.8, 4) is 0 Å². The average Bonchev–Trinajstić information content (AvgIpc) is 2.24. The van der Waals surface area contributed by atoms with Gasteiger partial charge in [-0.2, -0.15) is 13.2 Å². The minimum Gasteiger partial charge on any atom is -0.375 e. The third-order valence-corrected chi connectivity index (χ3v) is 2.36. The number of carbonyl (C=O) groups excluding carboxylic acids is 1. The lowest BCUT2D eigenvalue weighted by molar-refractivity contribution is -0.137. The van der Waals surface area contributed by atoms with Crippen LogP contribution in [0.3, 0.4) is 0 Å². The molecule has 0 bridgehead atoms. The van der Waals surface area contributed by atoms with Crippen LogP contribution in [0.2, 0.25) is 5.02 Å². The van der Waals surface area contributed by atoms with Crippen LogP contribution in [0.25, 0.3) is 0 Å². The molecule has 0 atom stereocenters. The molecule has 0 saturated heterocycles. The van der Waals surface area contributed by atoms with Gasteiger partial charge in [-0.1, -0.05) is 17.7 Å². The molecule has 3 nitrogen and oxygen atoms in total. The molecular weight excluding hydrogens is 269 g/mol. The van der Waals surface area contributed by atoms with E-state index in [1.165, 1.54) is 0 Å². The van der Waals surface area contributed by atoms with Gasteiger partial charge in [0, 0.05) is 0 Å². The lowest BCUT2D eigenvalue weighted by atomic mass is 10.2. The highest BCUT2D eigenvalue weighted by molar-refractivity contribution is 6.33. The first-order chi connectivity index (χ1) is 8.28. The van der Waals surface area contributed by atoms with Gasteiger partial charge in [0.15, 0.2) is 0 Å². The molecule has 7 heteroatoms. The standard InChI is InChI=1S/C11H12ClF3N2O/c1-7-2-3-9(8(12)4-7)16-5-10(18)17-6-11(13,14)15/h2-4,16H,5-6H2,1H3,(H,17,18). The summed E-state index contributed by atoms with van der Waals surface area (Å²) < 4.78 is 35.5. The quantitative estimate of drug-likeness (QED) is 0.890. The molecule has 2 N–H and O–H groups in total. The number of hydrogen-bond acceptors (Lipinski definition) is 2. The van der Waals surface area contributed by atoms with Crippen LogP contribution in [0.1, 0.15) is 5.56 Å². The van der Waals surface area contributed by atoms with Crippen LogP contribution in [0.5, 0.6) is 0 Å². The summed E-state index contributed by atoms with van der Waals surface area (Å²) in [6.45, 7) is 0.250. The van der Waals surface area contributed by atoms with Crippen LogP contribution in [-0.4, -0.2) is 25.2 Å². The van der Waals surface area contributed by atoms with Crippen molar-refractivity contribution in [1.82, 2.24) is 5.32 Å². The molecule has 0 heterocycles. The molecule has 1 rings (SSSR count). The minimum absolute atomic E-state index is 0.265. The Hall–Kier alpha value is -1.43. The van der Waals surface area contributed by atoms with Crippen LogP contribution in [0.15, 0.2) is 18.2 Å². The van der Waals surface area contributed by atoms with Crippen molar-refractivity contribution < 1.29 is 18.0 Å². The zero-order valence-electron chi connectivity index (χ0n) is 9.57. The van der Waals surface area contributed by atoms with Gasteiger partial charge >= 0.3 is 6.18 Å². The van der Waals surface area contributed by atoms with E-state index in [4.69, 9.17) is 11.6 Å². The van der Waals surface area contributed by atoms with Gasteiger partial charge in [-0.25, -0.2) is 0 Å². The Bertz CT molecular complexity index is 435. The second-order valence-electron chi connectivity index (χ2n) is 3.73. The highest BCUT2D eigenvalue weighted by Gasteiger charge is 2.27. The van der Waals surface area contributed by atoms with E-state index in [0.717, 1.165) is 5.56 Å². The Balaban J connectivity index is 2.43. The molecule has 0 unspecified atom stereocenters. The molecule has 1 amide bonds. The van der Waals surface area contributed by atoms with Crippen LogP contribution >= 0.6 is 11.6 Å². The van der Waals surface area contributed by atoms with E-state index in [9.17, 15) is 18.0 Å². The first kappa shape index (κ1) is 14.6. The smallest absolute Gasteiger partial charge is 0.375 e. The Morgan fingerprint density at radius 3 is 2.61 bits per heavy atom. The maximum absolute atomic E-state index is 11.8. The third-order valence-electron chi connectivity index (χ3n) is 2.05. The Labute approximate surface area is 107 Å².